The Bertz CT molecular complexity index is 994. The lowest BCUT2D eigenvalue weighted by Gasteiger charge is -2.10. The number of para-hydroxylation sites is 1. The first-order valence-corrected chi connectivity index (χ1v) is 9.26. The first-order valence-electron chi connectivity index (χ1n) is 7.77. The number of aromatic hydroxyl groups is 1. The lowest BCUT2D eigenvalue weighted by molar-refractivity contribution is -0.138. The molecule has 0 saturated carbocycles. The molecule has 2 aromatic carbocycles. The summed E-state index contributed by atoms with van der Waals surface area (Å²) >= 11 is 0. The Hall–Kier alpha value is -2.84. The van der Waals surface area contributed by atoms with Crippen LogP contribution in [0.4, 0.5) is 0 Å². The van der Waals surface area contributed by atoms with Crippen molar-refractivity contribution < 1.29 is 23.4 Å². The minimum Gasteiger partial charge on any atom is -0.506 e. The van der Waals surface area contributed by atoms with E-state index in [0.29, 0.717) is 5.75 Å². The molecule has 0 radical (unpaired) electrons. The summed E-state index contributed by atoms with van der Waals surface area (Å²) in [6, 6.07) is 12.7. The van der Waals surface area contributed by atoms with Crippen molar-refractivity contribution in [1.29, 1.82) is 0 Å². The maximum absolute atomic E-state index is 11.7. The molecule has 0 aliphatic heterocycles. The third-order valence-corrected chi connectivity index (χ3v) is 5.16. The zero-order valence-electron chi connectivity index (χ0n) is 14.3. The number of carboxylic acid groups (broad SMARTS) is 1. The summed E-state index contributed by atoms with van der Waals surface area (Å²) in [5.41, 5.74) is 1.91. The number of carbonyl (C=O) groups is 1. The van der Waals surface area contributed by atoms with Crippen LogP contribution < -0.4 is 4.72 Å². The van der Waals surface area contributed by atoms with Crippen LogP contribution in [0.25, 0.3) is 10.9 Å². The van der Waals surface area contributed by atoms with Crippen molar-refractivity contribution in [3.8, 4) is 5.75 Å². The van der Waals surface area contributed by atoms with Crippen molar-refractivity contribution in [2.24, 2.45) is 0 Å². The van der Waals surface area contributed by atoms with Crippen molar-refractivity contribution in [3.05, 3.63) is 60.3 Å². The van der Waals surface area contributed by atoms with Gasteiger partial charge in [0.15, 0.2) is 0 Å². The van der Waals surface area contributed by atoms with Gasteiger partial charge in [0.2, 0.25) is 10.0 Å². The molecule has 8 heteroatoms. The molecule has 3 rings (SSSR count). The van der Waals surface area contributed by atoms with Crippen molar-refractivity contribution in [2.75, 3.05) is 0 Å². The molecule has 4 N–H and O–H groups in total. The molecule has 0 aliphatic rings. The number of fused-ring (bicyclic) bond motifs is 1. The van der Waals surface area contributed by atoms with Crippen LogP contribution in [0.1, 0.15) is 12.5 Å². The average Bonchev–Trinajstić information content (AvgIpc) is 2.97. The number of aromatic amines is 1. The van der Waals surface area contributed by atoms with Gasteiger partial charge in [-0.1, -0.05) is 29.8 Å². The van der Waals surface area contributed by atoms with E-state index in [1.54, 1.807) is 18.3 Å². The van der Waals surface area contributed by atoms with Crippen LogP contribution >= 0.6 is 0 Å². The largest absolute Gasteiger partial charge is 0.506 e. The summed E-state index contributed by atoms with van der Waals surface area (Å²) < 4.78 is 25.4. The third-order valence-electron chi connectivity index (χ3n) is 3.60. The first-order chi connectivity index (χ1) is 12.2. The molecule has 1 aromatic heterocycles. The van der Waals surface area contributed by atoms with Gasteiger partial charge in [0, 0.05) is 17.1 Å². The van der Waals surface area contributed by atoms with Gasteiger partial charge in [-0.2, -0.15) is 4.72 Å². The molecule has 1 heterocycles. The van der Waals surface area contributed by atoms with E-state index in [1.807, 2.05) is 31.2 Å². The van der Waals surface area contributed by atoms with E-state index in [-0.39, 0.29) is 4.90 Å². The highest BCUT2D eigenvalue weighted by molar-refractivity contribution is 7.89. The molecular formula is C18H20N2O5S. The van der Waals surface area contributed by atoms with Crippen LogP contribution in [-0.2, 0) is 14.8 Å². The number of rotatable bonds is 4. The van der Waals surface area contributed by atoms with Crippen LogP contribution in [0.5, 0.6) is 5.75 Å². The van der Waals surface area contributed by atoms with Gasteiger partial charge in [0.25, 0.3) is 0 Å². The van der Waals surface area contributed by atoms with Crippen molar-refractivity contribution in [2.45, 2.75) is 24.8 Å². The SMILES string of the molecule is Cc1ccc(S(=O)(=O)N[C@@H](C)C(=O)O)cc1.Oc1c[nH]c2ccccc12. The summed E-state index contributed by atoms with van der Waals surface area (Å²) in [5, 5.41) is 18.7. The fourth-order valence-corrected chi connectivity index (χ4v) is 3.32. The highest BCUT2D eigenvalue weighted by atomic mass is 32.2. The van der Waals surface area contributed by atoms with Gasteiger partial charge in [-0.25, -0.2) is 8.42 Å². The number of nitrogens with one attached hydrogen (secondary N) is 2. The Morgan fingerprint density at radius 3 is 2.31 bits per heavy atom. The average molecular weight is 376 g/mol. The van der Waals surface area contributed by atoms with Gasteiger partial charge in [-0.15, -0.1) is 0 Å². The van der Waals surface area contributed by atoms with Gasteiger partial charge >= 0.3 is 5.97 Å². The maximum Gasteiger partial charge on any atom is 0.321 e. The number of carboxylic acids is 1. The smallest absolute Gasteiger partial charge is 0.321 e. The van der Waals surface area contributed by atoms with Gasteiger partial charge in [0.1, 0.15) is 11.8 Å². The predicted molar refractivity (Wildman–Crippen MR) is 98.6 cm³/mol. The van der Waals surface area contributed by atoms with Crippen LogP contribution in [0.15, 0.2) is 59.6 Å². The van der Waals surface area contributed by atoms with Crippen LogP contribution in [0.2, 0.25) is 0 Å². The quantitative estimate of drug-likeness (QED) is 0.558. The van der Waals surface area contributed by atoms with E-state index < -0.39 is 22.0 Å². The van der Waals surface area contributed by atoms with Crippen LogP contribution in [0.3, 0.4) is 0 Å². The summed E-state index contributed by atoms with van der Waals surface area (Å²) in [4.78, 5) is 13.5. The molecule has 26 heavy (non-hydrogen) atoms. The Morgan fingerprint density at radius 2 is 1.73 bits per heavy atom. The first kappa shape index (κ1) is 19.5. The van der Waals surface area contributed by atoms with Gasteiger partial charge < -0.3 is 15.2 Å². The van der Waals surface area contributed by atoms with E-state index in [0.717, 1.165) is 16.5 Å². The van der Waals surface area contributed by atoms with E-state index in [4.69, 9.17) is 5.11 Å². The van der Waals surface area contributed by atoms with Crippen molar-refractivity contribution in [1.82, 2.24) is 9.71 Å². The van der Waals surface area contributed by atoms with Crippen molar-refractivity contribution in [3.63, 3.8) is 0 Å². The molecule has 0 saturated heterocycles. The fraction of sp³-hybridized carbons (Fsp3) is 0.167. The van der Waals surface area contributed by atoms with Crippen LogP contribution in [0, 0.1) is 6.92 Å². The molecule has 0 aliphatic carbocycles. The Balaban J connectivity index is 0.000000206. The molecule has 7 nitrogen and oxygen atoms in total. The normalized spacial score (nSPS) is 12.2. The number of aliphatic carboxylic acids is 1. The minimum atomic E-state index is -3.75. The number of sulfonamides is 1. The zero-order chi connectivity index (χ0) is 19.3. The molecular weight excluding hydrogens is 356 g/mol. The summed E-state index contributed by atoms with van der Waals surface area (Å²) in [6.45, 7) is 3.11. The van der Waals surface area contributed by atoms with Gasteiger partial charge in [-0.3, -0.25) is 4.79 Å². The Morgan fingerprint density at radius 1 is 1.12 bits per heavy atom. The van der Waals surface area contributed by atoms with Crippen molar-refractivity contribution >= 4 is 26.9 Å². The fourth-order valence-electron chi connectivity index (χ4n) is 2.12. The molecule has 0 spiro atoms. The second-order valence-corrected chi connectivity index (χ2v) is 7.43. The maximum atomic E-state index is 11.7. The lowest BCUT2D eigenvalue weighted by Crippen LogP contribution is -2.38. The lowest BCUT2D eigenvalue weighted by atomic mass is 10.2. The predicted octanol–water partition coefficient (Wildman–Crippen LogP) is 2.62. The van der Waals surface area contributed by atoms with E-state index in [2.05, 4.69) is 9.71 Å². The number of aryl methyl sites for hydroxylation is 1. The number of H-pyrrole nitrogens is 1. The number of hydrogen-bond acceptors (Lipinski definition) is 4. The topological polar surface area (TPSA) is 119 Å². The molecule has 1 atom stereocenters. The van der Waals surface area contributed by atoms with E-state index in [1.165, 1.54) is 19.1 Å². The zero-order valence-corrected chi connectivity index (χ0v) is 15.1. The standard InChI is InChI=1S/C10H13NO4S.C8H7NO/c1-7-3-5-9(6-4-7)16(14,15)11-8(2)10(12)13;10-8-5-9-7-4-2-1-3-6(7)8/h3-6,8,11H,1-2H3,(H,12,13);1-5,9-10H/t8-;/m0./s1. The number of hydrogen-bond donors (Lipinski definition) is 4. The molecule has 0 unspecified atom stereocenters. The minimum absolute atomic E-state index is 0.0613. The summed E-state index contributed by atoms with van der Waals surface area (Å²) in [5.74, 6) is -0.897. The van der Waals surface area contributed by atoms with Gasteiger partial charge in [0.05, 0.1) is 4.90 Å². The molecule has 138 valence electrons. The highest BCUT2D eigenvalue weighted by Crippen LogP contribution is 2.22. The second-order valence-electron chi connectivity index (χ2n) is 5.71. The Kier molecular flexibility index (Phi) is 6.01. The summed E-state index contributed by atoms with van der Waals surface area (Å²) in [6.07, 6.45) is 1.59. The number of benzene rings is 2. The third kappa shape index (κ3) is 4.84. The highest BCUT2D eigenvalue weighted by Gasteiger charge is 2.20. The monoisotopic (exact) mass is 376 g/mol. The summed E-state index contributed by atoms with van der Waals surface area (Å²) in [7, 11) is -3.75. The van der Waals surface area contributed by atoms with E-state index in [9.17, 15) is 18.3 Å². The molecule has 0 fully saturated rings. The van der Waals surface area contributed by atoms with Gasteiger partial charge in [-0.05, 0) is 38.1 Å². The van der Waals surface area contributed by atoms with E-state index >= 15 is 0 Å². The second kappa shape index (κ2) is 8.03. The Labute approximate surface area is 151 Å². The molecule has 3 aromatic rings. The molecule has 0 bridgehead atoms. The van der Waals surface area contributed by atoms with Crippen LogP contribution in [-0.4, -0.2) is 35.6 Å². The molecule has 0 amide bonds. The number of aromatic nitrogens is 1.